The van der Waals surface area contributed by atoms with Gasteiger partial charge in [-0.05, 0) is 37.1 Å². The lowest BCUT2D eigenvalue weighted by molar-refractivity contribution is -0.139. The van der Waals surface area contributed by atoms with Crippen LogP contribution in [0.3, 0.4) is 0 Å². The number of carbonyl (C=O) groups excluding carboxylic acids is 2. The van der Waals surface area contributed by atoms with E-state index in [1.807, 2.05) is 23.6 Å². The van der Waals surface area contributed by atoms with E-state index in [4.69, 9.17) is 20.2 Å². The van der Waals surface area contributed by atoms with Crippen molar-refractivity contribution in [3.05, 3.63) is 118 Å². The van der Waals surface area contributed by atoms with Crippen molar-refractivity contribution in [2.24, 2.45) is 5.73 Å². The Hall–Kier alpha value is -5.20. The molecule has 0 spiro atoms. The third-order valence-electron chi connectivity index (χ3n) is 7.12. The molecule has 0 saturated heterocycles. The van der Waals surface area contributed by atoms with E-state index in [9.17, 15) is 14.9 Å². The number of nitriles is 1. The van der Waals surface area contributed by atoms with Gasteiger partial charge >= 0.3 is 11.9 Å². The number of nitrogens with zero attached hydrogens (tertiary/aromatic N) is 3. The summed E-state index contributed by atoms with van der Waals surface area (Å²) in [6.07, 6.45) is 0. The van der Waals surface area contributed by atoms with Gasteiger partial charge < -0.3 is 15.2 Å². The van der Waals surface area contributed by atoms with Crippen LogP contribution >= 0.6 is 11.3 Å². The zero-order valence-corrected chi connectivity index (χ0v) is 24.4. The van der Waals surface area contributed by atoms with Crippen molar-refractivity contribution in [1.82, 2.24) is 4.98 Å². The summed E-state index contributed by atoms with van der Waals surface area (Å²) in [6.45, 7) is 4.11. The molecule has 8 nitrogen and oxygen atoms in total. The second-order valence-corrected chi connectivity index (χ2v) is 10.6. The van der Waals surface area contributed by atoms with Gasteiger partial charge in [-0.1, -0.05) is 66.2 Å². The van der Waals surface area contributed by atoms with E-state index in [2.05, 4.69) is 38.1 Å². The third kappa shape index (κ3) is 5.04. The summed E-state index contributed by atoms with van der Waals surface area (Å²) >= 11 is 1.49. The number of ether oxygens (including phenoxy) is 2. The Morgan fingerprint density at radius 2 is 1.71 bits per heavy atom. The van der Waals surface area contributed by atoms with E-state index in [1.54, 1.807) is 36.4 Å². The summed E-state index contributed by atoms with van der Waals surface area (Å²) in [5.41, 5.74) is 12.6. The van der Waals surface area contributed by atoms with Crippen molar-refractivity contribution in [1.29, 1.82) is 5.26 Å². The van der Waals surface area contributed by atoms with Crippen LogP contribution in [0.5, 0.6) is 0 Å². The molecule has 3 aromatic carbocycles. The maximum Gasteiger partial charge on any atom is 0.355 e. The quantitative estimate of drug-likeness (QED) is 0.278. The molecule has 2 N–H and O–H groups in total. The number of aromatic nitrogens is 1. The standard InChI is InChI=1S/C33H28N4O4S/c1-19-13-14-24(20(2)15-19)26-18-42-31(36-26)22-11-8-12-23(16-22)37-29(33(39)41-4)28(32(38)40-3)27(25(17-34)30(37)35)21-9-6-5-7-10-21/h5-16,18,27H,35H2,1-4H3. The Bertz CT molecular complexity index is 1800. The van der Waals surface area contributed by atoms with Gasteiger partial charge in [-0.25, -0.2) is 14.6 Å². The maximum atomic E-state index is 13.4. The highest BCUT2D eigenvalue weighted by Crippen LogP contribution is 2.44. The van der Waals surface area contributed by atoms with Crippen LogP contribution in [0.4, 0.5) is 5.69 Å². The molecule has 0 aliphatic carbocycles. The van der Waals surface area contributed by atoms with Gasteiger partial charge in [0.15, 0.2) is 0 Å². The SMILES string of the molecule is COC(=O)C1=C(C(=O)OC)N(c2cccc(-c3nc(-c4ccc(C)cc4C)cs3)c2)C(N)=C(C#N)C1c1ccccc1. The van der Waals surface area contributed by atoms with Gasteiger partial charge in [-0.3, -0.25) is 4.90 Å². The number of nitrogens with two attached hydrogens (primary N) is 1. The predicted octanol–water partition coefficient (Wildman–Crippen LogP) is 5.99. The average molecular weight is 577 g/mol. The topological polar surface area (TPSA) is 119 Å². The van der Waals surface area contributed by atoms with E-state index in [-0.39, 0.29) is 22.7 Å². The summed E-state index contributed by atoms with van der Waals surface area (Å²) in [6, 6.07) is 24.6. The van der Waals surface area contributed by atoms with Gasteiger partial charge in [0.2, 0.25) is 0 Å². The number of aryl methyl sites for hydroxylation is 2. The van der Waals surface area contributed by atoms with Gasteiger partial charge in [-0.2, -0.15) is 5.26 Å². The molecule has 1 aromatic heterocycles. The zero-order chi connectivity index (χ0) is 30.0. The number of hydrogen-bond donors (Lipinski definition) is 1. The summed E-state index contributed by atoms with van der Waals surface area (Å²) in [5, 5.41) is 13.0. The molecule has 42 heavy (non-hydrogen) atoms. The lowest BCUT2D eigenvalue weighted by atomic mass is 9.81. The van der Waals surface area contributed by atoms with E-state index in [1.165, 1.54) is 36.0 Å². The van der Waals surface area contributed by atoms with Crippen LogP contribution in [0.1, 0.15) is 22.6 Å². The molecule has 2 heterocycles. The number of anilines is 1. The number of esters is 2. The molecule has 0 amide bonds. The third-order valence-corrected chi connectivity index (χ3v) is 8.02. The minimum Gasteiger partial charge on any atom is -0.466 e. The molecule has 0 bridgehead atoms. The number of carbonyl (C=O) groups is 2. The first kappa shape index (κ1) is 28.3. The maximum absolute atomic E-state index is 13.4. The molecule has 4 aromatic rings. The highest BCUT2D eigenvalue weighted by Gasteiger charge is 2.43. The molecular formula is C33H28N4O4S. The zero-order valence-electron chi connectivity index (χ0n) is 23.5. The molecule has 0 fully saturated rings. The molecule has 0 saturated carbocycles. The van der Waals surface area contributed by atoms with Crippen LogP contribution in [0, 0.1) is 25.2 Å². The normalized spacial score (nSPS) is 14.9. The van der Waals surface area contributed by atoms with Crippen LogP contribution in [-0.4, -0.2) is 31.1 Å². The number of allylic oxidation sites excluding steroid dienone is 1. The number of hydrogen-bond acceptors (Lipinski definition) is 9. The Kier molecular flexibility index (Phi) is 7.91. The number of thiazole rings is 1. The predicted molar refractivity (Wildman–Crippen MR) is 162 cm³/mol. The molecule has 1 aliphatic rings. The molecular weight excluding hydrogens is 548 g/mol. The van der Waals surface area contributed by atoms with E-state index in [0.717, 1.165) is 27.4 Å². The van der Waals surface area contributed by atoms with E-state index >= 15 is 0 Å². The highest BCUT2D eigenvalue weighted by molar-refractivity contribution is 7.13. The highest BCUT2D eigenvalue weighted by atomic mass is 32.1. The smallest absolute Gasteiger partial charge is 0.355 e. The fourth-order valence-electron chi connectivity index (χ4n) is 5.19. The Labute approximate surface area is 247 Å². The largest absolute Gasteiger partial charge is 0.466 e. The molecule has 0 radical (unpaired) electrons. The van der Waals surface area contributed by atoms with Crippen molar-refractivity contribution in [3.63, 3.8) is 0 Å². The second-order valence-electron chi connectivity index (χ2n) is 9.74. The van der Waals surface area contributed by atoms with E-state index < -0.39 is 17.9 Å². The molecule has 5 rings (SSSR count). The minimum absolute atomic E-state index is 0.00617. The first-order valence-electron chi connectivity index (χ1n) is 13.1. The molecule has 1 atom stereocenters. The van der Waals surface area contributed by atoms with Gasteiger partial charge in [0.1, 0.15) is 16.5 Å². The monoisotopic (exact) mass is 576 g/mol. The first-order chi connectivity index (χ1) is 20.3. The first-order valence-corrected chi connectivity index (χ1v) is 14.0. The summed E-state index contributed by atoms with van der Waals surface area (Å²) in [4.78, 5) is 32.9. The van der Waals surface area contributed by atoms with Crippen LogP contribution in [0.2, 0.25) is 0 Å². The Morgan fingerprint density at radius 3 is 2.38 bits per heavy atom. The van der Waals surface area contributed by atoms with Crippen molar-refractivity contribution in [2.75, 3.05) is 19.1 Å². The summed E-state index contributed by atoms with van der Waals surface area (Å²) in [5.74, 6) is -2.50. The minimum atomic E-state index is -0.934. The van der Waals surface area contributed by atoms with Crippen LogP contribution in [0.25, 0.3) is 21.8 Å². The van der Waals surface area contributed by atoms with Crippen LogP contribution in [-0.2, 0) is 19.1 Å². The van der Waals surface area contributed by atoms with Crippen molar-refractivity contribution < 1.29 is 19.1 Å². The lowest BCUT2D eigenvalue weighted by Gasteiger charge is -2.36. The molecule has 1 aliphatic heterocycles. The van der Waals surface area contributed by atoms with Crippen molar-refractivity contribution in [3.8, 4) is 27.9 Å². The number of rotatable bonds is 6. The van der Waals surface area contributed by atoms with Gasteiger partial charge in [0.05, 0.1) is 43.0 Å². The molecule has 1 unspecified atom stereocenters. The van der Waals surface area contributed by atoms with Crippen LogP contribution < -0.4 is 10.6 Å². The number of methoxy groups -OCH3 is 2. The van der Waals surface area contributed by atoms with E-state index in [0.29, 0.717) is 11.3 Å². The van der Waals surface area contributed by atoms with Gasteiger partial charge in [0, 0.05) is 22.2 Å². The van der Waals surface area contributed by atoms with Gasteiger partial charge in [0.25, 0.3) is 0 Å². The second kappa shape index (κ2) is 11.7. The summed E-state index contributed by atoms with van der Waals surface area (Å²) in [7, 11) is 2.45. The van der Waals surface area contributed by atoms with Gasteiger partial charge in [-0.15, -0.1) is 11.3 Å². The lowest BCUT2D eigenvalue weighted by Crippen LogP contribution is -2.40. The van der Waals surface area contributed by atoms with Crippen LogP contribution in [0.15, 0.2) is 101 Å². The van der Waals surface area contributed by atoms with Crippen molar-refractivity contribution in [2.45, 2.75) is 19.8 Å². The molecule has 9 heteroatoms. The summed E-state index contributed by atoms with van der Waals surface area (Å²) < 4.78 is 10.3. The Balaban J connectivity index is 1.68. The fraction of sp³-hybridized carbons (Fsp3) is 0.152. The Morgan fingerprint density at radius 1 is 0.976 bits per heavy atom. The molecule has 210 valence electrons. The van der Waals surface area contributed by atoms with Crippen molar-refractivity contribution >= 4 is 29.0 Å². The average Bonchev–Trinajstić information content (AvgIpc) is 3.50. The fourth-order valence-corrected chi connectivity index (χ4v) is 6.01. The number of benzene rings is 3.